The highest BCUT2D eigenvalue weighted by molar-refractivity contribution is 5.88. The molecule has 0 aliphatic carbocycles. The SMILES string of the molecule is Cc1cccc(-c2ccc3[nH]cc(CCN)c3c2)c1C. The zero-order valence-corrected chi connectivity index (χ0v) is 12.0. The Kier molecular flexibility index (Phi) is 3.33. The van der Waals surface area contributed by atoms with E-state index in [1.807, 2.05) is 0 Å². The van der Waals surface area contributed by atoms with Crippen LogP contribution in [0.5, 0.6) is 0 Å². The molecule has 0 aliphatic heterocycles. The molecule has 2 aromatic carbocycles. The van der Waals surface area contributed by atoms with Gasteiger partial charge in [-0.2, -0.15) is 0 Å². The van der Waals surface area contributed by atoms with Gasteiger partial charge in [0, 0.05) is 17.1 Å². The van der Waals surface area contributed by atoms with E-state index in [0.717, 1.165) is 6.42 Å². The van der Waals surface area contributed by atoms with E-state index in [-0.39, 0.29) is 0 Å². The number of aryl methyl sites for hydroxylation is 1. The molecular formula is C18H20N2. The van der Waals surface area contributed by atoms with Crippen LogP contribution >= 0.6 is 0 Å². The second kappa shape index (κ2) is 5.14. The highest BCUT2D eigenvalue weighted by atomic mass is 14.7. The van der Waals surface area contributed by atoms with Crippen LogP contribution in [-0.2, 0) is 6.42 Å². The third-order valence-electron chi connectivity index (χ3n) is 4.10. The van der Waals surface area contributed by atoms with Gasteiger partial charge in [0.25, 0.3) is 0 Å². The van der Waals surface area contributed by atoms with Crippen LogP contribution in [0.1, 0.15) is 16.7 Å². The van der Waals surface area contributed by atoms with Crippen LogP contribution < -0.4 is 5.73 Å². The zero-order chi connectivity index (χ0) is 14.1. The molecule has 2 heteroatoms. The van der Waals surface area contributed by atoms with Gasteiger partial charge in [-0.25, -0.2) is 0 Å². The average molecular weight is 264 g/mol. The summed E-state index contributed by atoms with van der Waals surface area (Å²) in [5.41, 5.74) is 13.4. The molecule has 0 saturated heterocycles. The molecule has 0 spiro atoms. The molecule has 0 fully saturated rings. The van der Waals surface area contributed by atoms with Gasteiger partial charge in [0.2, 0.25) is 0 Å². The summed E-state index contributed by atoms with van der Waals surface area (Å²) in [7, 11) is 0. The minimum Gasteiger partial charge on any atom is -0.361 e. The second-order valence-corrected chi connectivity index (χ2v) is 5.36. The first-order valence-electron chi connectivity index (χ1n) is 7.07. The highest BCUT2D eigenvalue weighted by Crippen LogP contribution is 2.29. The first-order valence-corrected chi connectivity index (χ1v) is 7.07. The molecule has 0 unspecified atom stereocenters. The summed E-state index contributed by atoms with van der Waals surface area (Å²) < 4.78 is 0. The van der Waals surface area contributed by atoms with Gasteiger partial charge in [-0.3, -0.25) is 0 Å². The monoisotopic (exact) mass is 264 g/mol. The maximum atomic E-state index is 5.69. The number of H-pyrrole nitrogens is 1. The van der Waals surface area contributed by atoms with Crippen molar-refractivity contribution in [1.29, 1.82) is 0 Å². The minimum atomic E-state index is 0.681. The van der Waals surface area contributed by atoms with Crippen molar-refractivity contribution >= 4 is 10.9 Å². The van der Waals surface area contributed by atoms with E-state index in [0.29, 0.717) is 6.54 Å². The maximum absolute atomic E-state index is 5.69. The fourth-order valence-electron chi connectivity index (χ4n) is 2.77. The Morgan fingerprint density at radius 2 is 1.95 bits per heavy atom. The number of hydrogen-bond acceptors (Lipinski definition) is 1. The van der Waals surface area contributed by atoms with Crippen molar-refractivity contribution in [2.24, 2.45) is 5.73 Å². The number of benzene rings is 2. The summed E-state index contributed by atoms with van der Waals surface area (Å²) in [6, 6.07) is 13.1. The van der Waals surface area contributed by atoms with Gasteiger partial charge in [0.05, 0.1) is 0 Å². The molecule has 0 saturated carbocycles. The van der Waals surface area contributed by atoms with Crippen molar-refractivity contribution in [3.63, 3.8) is 0 Å². The van der Waals surface area contributed by atoms with Crippen LogP contribution in [0.25, 0.3) is 22.0 Å². The van der Waals surface area contributed by atoms with Crippen molar-refractivity contribution in [1.82, 2.24) is 4.98 Å². The van der Waals surface area contributed by atoms with E-state index in [2.05, 4.69) is 61.4 Å². The smallest absolute Gasteiger partial charge is 0.0457 e. The largest absolute Gasteiger partial charge is 0.361 e. The van der Waals surface area contributed by atoms with Gasteiger partial charge in [-0.05, 0) is 66.8 Å². The Morgan fingerprint density at radius 1 is 1.10 bits per heavy atom. The molecule has 1 aromatic heterocycles. The number of rotatable bonds is 3. The van der Waals surface area contributed by atoms with E-state index in [1.165, 1.54) is 38.7 Å². The summed E-state index contributed by atoms with van der Waals surface area (Å²) in [4.78, 5) is 3.32. The standard InChI is InChI=1S/C18H20N2/c1-12-4-3-5-16(13(12)2)14-6-7-18-17(10-14)15(8-9-19)11-20-18/h3-7,10-11,20H,8-9,19H2,1-2H3. The Balaban J connectivity index is 2.16. The summed E-state index contributed by atoms with van der Waals surface area (Å²) in [5.74, 6) is 0. The quantitative estimate of drug-likeness (QED) is 0.739. The zero-order valence-electron chi connectivity index (χ0n) is 12.0. The predicted molar refractivity (Wildman–Crippen MR) is 86.0 cm³/mol. The van der Waals surface area contributed by atoms with Gasteiger partial charge in [-0.1, -0.05) is 24.3 Å². The van der Waals surface area contributed by atoms with Gasteiger partial charge in [0.15, 0.2) is 0 Å². The topological polar surface area (TPSA) is 41.8 Å². The molecule has 0 amide bonds. The lowest BCUT2D eigenvalue weighted by Gasteiger charge is -2.09. The third-order valence-corrected chi connectivity index (χ3v) is 4.10. The van der Waals surface area contributed by atoms with Crippen molar-refractivity contribution in [2.45, 2.75) is 20.3 Å². The number of hydrogen-bond donors (Lipinski definition) is 2. The van der Waals surface area contributed by atoms with Gasteiger partial charge < -0.3 is 10.7 Å². The number of fused-ring (bicyclic) bond motifs is 1. The van der Waals surface area contributed by atoms with Crippen LogP contribution in [0, 0.1) is 13.8 Å². The van der Waals surface area contributed by atoms with Crippen LogP contribution in [0.15, 0.2) is 42.6 Å². The summed E-state index contributed by atoms with van der Waals surface area (Å²) in [6.07, 6.45) is 2.99. The van der Waals surface area contributed by atoms with E-state index in [4.69, 9.17) is 5.73 Å². The highest BCUT2D eigenvalue weighted by Gasteiger charge is 2.07. The summed E-state index contributed by atoms with van der Waals surface area (Å²) >= 11 is 0. The molecule has 20 heavy (non-hydrogen) atoms. The molecule has 0 bridgehead atoms. The predicted octanol–water partition coefficient (Wildman–Crippen LogP) is 3.95. The summed E-state index contributed by atoms with van der Waals surface area (Å²) in [5, 5.41) is 1.29. The molecule has 2 nitrogen and oxygen atoms in total. The van der Waals surface area contributed by atoms with Gasteiger partial charge in [0.1, 0.15) is 0 Å². The lowest BCUT2D eigenvalue weighted by Crippen LogP contribution is -2.01. The fraction of sp³-hybridized carbons (Fsp3) is 0.222. The molecule has 3 aromatic rings. The molecule has 0 aliphatic rings. The molecule has 3 N–H and O–H groups in total. The molecule has 3 rings (SSSR count). The maximum Gasteiger partial charge on any atom is 0.0457 e. The lowest BCUT2D eigenvalue weighted by atomic mass is 9.95. The van der Waals surface area contributed by atoms with Crippen molar-refractivity contribution in [3.8, 4) is 11.1 Å². The first kappa shape index (κ1) is 12.9. The fourth-order valence-corrected chi connectivity index (χ4v) is 2.77. The van der Waals surface area contributed by atoms with Crippen molar-refractivity contribution in [3.05, 3.63) is 59.3 Å². The van der Waals surface area contributed by atoms with Crippen LogP contribution in [0.2, 0.25) is 0 Å². The number of aromatic nitrogens is 1. The van der Waals surface area contributed by atoms with E-state index in [1.54, 1.807) is 0 Å². The molecule has 0 radical (unpaired) electrons. The second-order valence-electron chi connectivity index (χ2n) is 5.36. The Labute approximate surface area is 119 Å². The first-order chi connectivity index (χ1) is 9.70. The Hall–Kier alpha value is -2.06. The van der Waals surface area contributed by atoms with E-state index < -0.39 is 0 Å². The Bertz CT molecular complexity index is 753. The minimum absolute atomic E-state index is 0.681. The lowest BCUT2D eigenvalue weighted by molar-refractivity contribution is 0.976. The molecule has 0 atom stereocenters. The molecule has 1 heterocycles. The van der Waals surface area contributed by atoms with E-state index >= 15 is 0 Å². The number of nitrogens with one attached hydrogen (secondary N) is 1. The van der Waals surface area contributed by atoms with Crippen LogP contribution in [0.3, 0.4) is 0 Å². The number of nitrogens with two attached hydrogens (primary N) is 1. The van der Waals surface area contributed by atoms with Crippen molar-refractivity contribution in [2.75, 3.05) is 6.54 Å². The number of aromatic amines is 1. The normalized spacial score (nSPS) is 11.2. The van der Waals surface area contributed by atoms with E-state index in [9.17, 15) is 0 Å². The average Bonchev–Trinajstić information content (AvgIpc) is 2.85. The third kappa shape index (κ3) is 2.12. The molecular weight excluding hydrogens is 244 g/mol. The van der Waals surface area contributed by atoms with Crippen LogP contribution in [0.4, 0.5) is 0 Å². The van der Waals surface area contributed by atoms with Crippen LogP contribution in [-0.4, -0.2) is 11.5 Å². The Morgan fingerprint density at radius 3 is 2.75 bits per heavy atom. The summed E-state index contributed by atoms with van der Waals surface area (Å²) in [6.45, 7) is 5.03. The van der Waals surface area contributed by atoms with Gasteiger partial charge in [-0.15, -0.1) is 0 Å². The van der Waals surface area contributed by atoms with Gasteiger partial charge >= 0.3 is 0 Å². The molecule has 102 valence electrons. The van der Waals surface area contributed by atoms with Crippen molar-refractivity contribution < 1.29 is 0 Å².